The van der Waals surface area contributed by atoms with Gasteiger partial charge >= 0.3 is 0 Å². The molecule has 0 amide bonds. The molecule has 2 saturated heterocycles. The van der Waals surface area contributed by atoms with E-state index in [1.807, 2.05) is 6.20 Å². The summed E-state index contributed by atoms with van der Waals surface area (Å²) in [5.41, 5.74) is 2.13. The number of nitrogens with one attached hydrogen (secondary N) is 1. The maximum Gasteiger partial charge on any atom is 0.211 e. The number of aliphatic hydroxyl groups excluding tert-OH is 1. The summed E-state index contributed by atoms with van der Waals surface area (Å²) < 4.78 is 25.4. The SMILES string of the molecule is CS(=O)(=O)N1C[C@H]2CN(Cc3ccc4[nH]ccc4c3)CC[C@@]2(CO)C1. The first-order valence-electron chi connectivity index (χ1n) is 8.74. The van der Waals surface area contributed by atoms with Crippen LogP contribution in [0.15, 0.2) is 30.5 Å². The Morgan fingerprint density at radius 3 is 2.92 bits per heavy atom. The van der Waals surface area contributed by atoms with Crippen molar-refractivity contribution in [2.45, 2.75) is 13.0 Å². The average Bonchev–Trinajstić information content (AvgIpc) is 3.18. The number of hydrogen-bond donors (Lipinski definition) is 2. The highest BCUT2D eigenvalue weighted by atomic mass is 32.2. The van der Waals surface area contributed by atoms with Gasteiger partial charge < -0.3 is 10.1 Å². The maximum absolute atomic E-state index is 11.9. The average molecular weight is 363 g/mol. The highest BCUT2D eigenvalue weighted by molar-refractivity contribution is 7.88. The summed E-state index contributed by atoms with van der Waals surface area (Å²) in [6, 6.07) is 8.53. The van der Waals surface area contributed by atoms with E-state index in [1.165, 1.54) is 17.2 Å². The summed E-state index contributed by atoms with van der Waals surface area (Å²) in [4.78, 5) is 5.60. The van der Waals surface area contributed by atoms with E-state index in [2.05, 4.69) is 34.1 Å². The number of rotatable bonds is 4. The van der Waals surface area contributed by atoms with Crippen LogP contribution in [0.1, 0.15) is 12.0 Å². The molecule has 0 spiro atoms. The van der Waals surface area contributed by atoms with Gasteiger partial charge in [0, 0.05) is 43.3 Å². The van der Waals surface area contributed by atoms with Gasteiger partial charge in [0.15, 0.2) is 0 Å². The standard InChI is InChI=1S/C18H25N3O3S/c1-25(23,24)21-11-16-10-20(7-5-18(16,12-21)13-22)9-14-2-3-17-15(8-14)4-6-19-17/h2-4,6,8,16,19,22H,5,7,9-13H2,1H3/t16-,18+/m1/s1. The van der Waals surface area contributed by atoms with E-state index in [4.69, 9.17) is 0 Å². The zero-order valence-electron chi connectivity index (χ0n) is 14.5. The van der Waals surface area contributed by atoms with Gasteiger partial charge in [0.1, 0.15) is 0 Å². The topological polar surface area (TPSA) is 76.6 Å². The normalized spacial score (nSPS) is 28.5. The molecule has 0 radical (unpaired) electrons. The lowest BCUT2D eigenvalue weighted by atomic mass is 9.73. The van der Waals surface area contributed by atoms with Gasteiger partial charge in [-0.05, 0) is 48.0 Å². The van der Waals surface area contributed by atoms with Crippen molar-refractivity contribution in [1.29, 1.82) is 0 Å². The number of fused-ring (bicyclic) bond motifs is 2. The largest absolute Gasteiger partial charge is 0.396 e. The van der Waals surface area contributed by atoms with Crippen molar-refractivity contribution < 1.29 is 13.5 Å². The lowest BCUT2D eigenvalue weighted by Crippen LogP contribution is -2.48. The molecule has 136 valence electrons. The summed E-state index contributed by atoms with van der Waals surface area (Å²) in [6.07, 6.45) is 4.05. The number of likely N-dealkylation sites (tertiary alicyclic amines) is 1. The second kappa shape index (κ2) is 6.09. The second-order valence-electron chi connectivity index (χ2n) is 7.66. The summed E-state index contributed by atoms with van der Waals surface area (Å²) >= 11 is 0. The van der Waals surface area contributed by atoms with Gasteiger partial charge in [-0.3, -0.25) is 4.90 Å². The van der Waals surface area contributed by atoms with E-state index in [0.29, 0.717) is 13.1 Å². The monoisotopic (exact) mass is 363 g/mol. The Bertz CT molecular complexity index is 879. The number of aliphatic hydroxyl groups is 1. The number of hydrogen-bond acceptors (Lipinski definition) is 4. The smallest absolute Gasteiger partial charge is 0.211 e. The van der Waals surface area contributed by atoms with Gasteiger partial charge in [-0.2, -0.15) is 0 Å². The van der Waals surface area contributed by atoms with E-state index in [9.17, 15) is 13.5 Å². The molecule has 0 saturated carbocycles. The van der Waals surface area contributed by atoms with Gasteiger partial charge in [-0.1, -0.05) is 6.07 Å². The highest BCUT2D eigenvalue weighted by Gasteiger charge is 2.51. The molecule has 2 aliphatic rings. The number of nitrogens with zero attached hydrogens (tertiary/aromatic N) is 2. The molecule has 2 aromatic rings. The van der Waals surface area contributed by atoms with E-state index in [-0.39, 0.29) is 17.9 Å². The van der Waals surface area contributed by atoms with Crippen LogP contribution in [0.25, 0.3) is 10.9 Å². The molecule has 2 fully saturated rings. The third kappa shape index (κ3) is 3.10. The second-order valence-corrected chi connectivity index (χ2v) is 9.64. The fraction of sp³-hybridized carbons (Fsp3) is 0.556. The molecule has 0 unspecified atom stereocenters. The Morgan fingerprint density at radius 2 is 2.16 bits per heavy atom. The lowest BCUT2D eigenvalue weighted by molar-refractivity contribution is 0.0170. The number of aromatic amines is 1. The molecule has 0 aliphatic carbocycles. The van der Waals surface area contributed by atoms with Crippen LogP contribution in [-0.4, -0.2) is 66.8 Å². The predicted molar refractivity (Wildman–Crippen MR) is 97.6 cm³/mol. The Labute approximate surface area is 148 Å². The predicted octanol–water partition coefficient (Wildman–Crippen LogP) is 1.24. The van der Waals surface area contributed by atoms with Crippen LogP contribution >= 0.6 is 0 Å². The minimum absolute atomic E-state index is 0.0623. The van der Waals surface area contributed by atoms with Crippen molar-refractivity contribution in [3.05, 3.63) is 36.0 Å². The summed E-state index contributed by atoms with van der Waals surface area (Å²) in [5, 5.41) is 11.2. The molecule has 2 aliphatic heterocycles. The van der Waals surface area contributed by atoms with E-state index >= 15 is 0 Å². The van der Waals surface area contributed by atoms with E-state index in [0.717, 1.165) is 31.6 Å². The van der Waals surface area contributed by atoms with Gasteiger partial charge in [0.25, 0.3) is 0 Å². The molecular weight excluding hydrogens is 338 g/mol. The van der Waals surface area contributed by atoms with Gasteiger partial charge in [-0.15, -0.1) is 0 Å². The molecule has 1 aromatic heterocycles. The molecular formula is C18H25N3O3S. The summed E-state index contributed by atoms with van der Waals surface area (Å²) in [7, 11) is -3.20. The fourth-order valence-electron chi connectivity index (χ4n) is 4.42. The number of sulfonamides is 1. The fourth-order valence-corrected chi connectivity index (χ4v) is 5.36. The van der Waals surface area contributed by atoms with Crippen LogP contribution in [0.3, 0.4) is 0 Å². The van der Waals surface area contributed by atoms with E-state index < -0.39 is 10.0 Å². The molecule has 25 heavy (non-hydrogen) atoms. The van der Waals surface area contributed by atoms with Crippen LogP contribution in [-0.2, 0) is 16.6 Å². The van der Waals surface area contributed by atoms with Crippen molar-refractivity contribution in [3.63, 3.8) is 0 Å². The zero-order valence-corrected chi connectivity index (χ0v) is 15.3. The first-order chi connectivity index (χ1) is 11.9. The van der Waals surface area contributed by atoms with Crippen LogP contribution in [0.4, 0.5) is 0 Å². The van der Waals surface area contributed by atoms with Crippen LogP contribution in [0.5, 0.6) is 0 Å². The Balaban J connectivity index is 1.49. The Hall–Kier alpha value is -1.41. The number of piperidine rings is 1. The summed E-state index contributed by atoms with van der Waals surface area (Å²) in [5.74, 6) is 0.192. The first kappa shape index (κ1) is 17.0. The van der Waals surface area contributed by atoms with Crippen molar-refractivity contribution >= 4 is 20.9 Å². The Kier molecular flexibility index (Phi) is 4.15. The Morgan fingerprint density at radius 1 is 1.32 bits per heavy atom. The highest BCUT2D eigenvalue weighted by Crippen LogP contribution is 2.43. The number of benzene rings is 1. The van der Waals surface area contributed by atoms with Crippen molar-refractivity contribution in [2.24, 2.45) is 11.3 Å². The molecule has 2 atom stereocenters. The number of H-pyrrole nitrogens is 1. The number of aromatic nitrogens is 1. The van der Waals surface area contributed by atoms with E-state index in [1.54, 1.807) is 4.31 Å². The molecule has 1 aromatic carbocycles. The third-order valence-corrected chi connectivity index (χ3v) is 7.21. The quantitative estimate of drug-likeness (QED) is 0.857. The van der Waals surface area contributed by atoms with Crippen LogP contribution in [0, 0.1) is 11.3 Å². The van der Waals surface area contributed by atoms with Crippen molar-refractivity contribution in [3.8, 4) is 0 Å². The molecule has 4 rings (SSSR count). The van der Waals surface area contributed by atoms with Crippen LogP contribution in [0.2, 0.25) is 0 Å². The third-order valence-electron chi connectivity index (χ3n) is 5.99. The maximum atomic E-state index is 11.9. The zero-order chi connectivity index (χ0) is 17.7. The minimum atomic E-state index is -3.20. The lowest BCUT2D eigenvalue weighted by Gasteiger charge is -2.42. The molecule has 3 heterocycles. The van der Waals surface area contributed by atoms with Crippen molar-refractivity contribution in [2.75, 3.05) is 39.0 Å². The molecule has 7 heteroatoms. The van der Waals surface area contributed by atoms with Gasteiger partial charge in [0.05, 0.1) is 12.9 Å². The summed E-state index contributed by atoms with van der Waals surface area (Å²) in [6.45, 7) is 3.62. The molecule has 0 bridgehead atoms. The van der Waals surface area contributed by atoms with Crippen molar-refractivity contribution in [1.82, 2.24) is 14.2 Å². The molecule has 2 N–H and O–H groups in total. The van der Waals surface area contributed by atoms with Crippen LogP contribution < -0.4 is 0 Å². The minimum Gasteiger partial charge on any atom is -0.396 e. The molecule has 6 nitrogen and oxygen atoms in total. The van der Waals surface area contributed by atoms with Gasteiger partial charge in [-0.25, -0.2) is 12.7 Å². The first-order valence-corrected chi connectivity index (χ1v) is 10.6. The van der Waals surface area contributed by atoms with Gasteiger partial charge in [0.2, 0.25) is 10.0 Å².